The first-order chi connectivity index (χ1) is 9.58. The Morgan fingerprint density at radius 2 is 1.75 bits per heavy atom. The molecule has 0 aliphatic rings. The number of carbonyl (C=O) groups is 1. The van der Waals surface area contributed by atoms with E-state index in [4.69, 9.17) is 5.73 Å². The van der Waals surface area contributed by atoms with Gasteiger partial charge in [0.05, 0.1) is 0 Å². The van der Waals surface area contributed by atoms with E-state index in [-0.39, 0.29) is 5.78 Å². The largest absolute Gasteiger partial charge is 0.398 e. The molecule has 0 saturated heterocycles. The Morgan fingerprint density at radius 3 is 2.25 bits per heavy atom. The number of Topliss-reactive ketones (excluding diaryl/α,β-unsaturated/α-hetero) is 1. The second-order valence-electron chi connectivity index (χ2n) is 5.45. The molecule has 3 nitrogen and oxygen atoms in total. The molecule has 0 radical (unpaired) electrons. The SMILES string of the molecule is CCCCN(CCCC)Cc1cc(C(C)=O)ccc1N. The number of ketones is 1. The van der Waals surface area contributed by atoms with E-state index in [0.717, 1.165) is 36.4 Å². The van der Waals surface area contributed by atoms with Crippen molar-refractivity contribution in [3.05, 3.63) is 29.3 Å². The highest BCUT2D eigenvalue weighted by atomic mass is 16.1. The van der Waals surface area contributed by atoms with E-state index in [0.29, 0.717) is 0 Å². The Morgan fingerprint density at radius 1 is 1.15 bits per heavy atom. The number of rotatable bonds is 9. The summed E-state index contributed by atoms with van der Waals surface area (Å²) in [6, 6.07) is 5.61. The summed E-state index contributed by atoms with van der Waals surface area (Å²) in [5.74, 6) is 0.0971. The Hall–Kier alpha value is -1.35. The van der Waals surface area contributed by atoms with Crippen LogP contribution < -0.4 is 5.73 Å². The lowest BCUT2D eigenvalue weighted by Crippen LogP contribution is -2.26. The molecule has 0 unspecified atom stereocenters. The molecule has 0 aliphatic heterocycles. The molecule has 0 aromatic heterocycles. The van der Waals surface area contributed by atoms with Crippen LogP contribution in [0.2, 0.25) is 0 Å². The van der Waals surface area contributed by atoms with Crippen molar-refractivity contribution < 1.29 is 4.79 Å². The van der Waals surface area contributed by atoms with Gasteiger partial charge in [-0.25, -0.2) is 0 Å². The minimum atomic E-state index is 0.0971. The first-order valence-corrected chi connectivity index (χ1v) is 7.70. The van der Waals surface area contributed by atoms with Crippen LogP contribution in [-0.4, -0.2) is 23.8 Å². The maximum absolute atomic E-state index is 11.5. The van der Waals surface area contributed by atoms with E-state index in [9.17, 15) is 4.79 Å². The van der Waals surface area contributed by atoms with Crippen molar-refractivity contribution in [1.82, 2.24) is 4.90 Å². The molecule has 0 spiro atoms. The van der Waals surface area contributed by atoms with Crippen molar-refractivity contribution in [1.29, 1.82) is 0 Å². The molecular formula is C17H28N2O. The first kappa shape index (κ1) is 16.7. The standard InChI is InChI=1S/C17H28N2O/c1-4-6-10-19(11-7-5-2)13-16-12-15(14(3)20)8-9-17(16)18/h8-9,12H,4-7,10-11,13,18H2,1-3H3. The molecule has 0 saturated carbocycles. The van der Waals surface area contributed by atoms with Gasteiger partial charge < -0.3 is 5.73 Å². The molecule has 112 valence electrons. The van der Waals surface area contributed by atoms with Crippen molar-refractivity contribution in [2.75, 3.05) is 18.8 Å². The Balaban J connectivity index is 2.79. The molecule has 0 heterocycles. The van der Waals surface area contributed by atoms with Gasteiger partial charge in [0.1, 0.15) is 0 Å². The molecule has 2 N–H and O–H groups in total. The second-order valence-corrected chi connectivity index (χ2v) is 5.45. The number of nitrogens with two attached hydrogens (primary N) is 1. The zero-order valence-electron chi connectivity index (χ0n) is 13.1. The average Bonchev–Trinajstić information content (AvgIpc) is 2.43. The summed E-state index contributed by atoms with van der Waals surface area (Å²) in [5, 5.41) is 0. The zero-order chi connectivity index (χ0) is 15.0. The minimum absolute atomic E-state index is 0.0971. The van der Waals surface area contributed by atoms with Crippen molar-refractivity contribution in [3.63, 3.8) is 0 Å². The average molecular weight is 276 g/mol. The molecule has 0 atom stereocenters. The Kier molecular flexibility index (Phi) is 7.31. The maximum atomic E-state index is 11.5. The van der Waals surface area contributed by atoms with Crippen LogP contribution >= 0.6 is 0 Å². The summed E-state index contributed by atoms with van der Waals surface area (Å²) in [4.78, 5) is 13.9. The van der Waals surface area contributed by atoms with Crippen LogP contribution in [0.3, 0.4) is 0 Å². The van der Waals surface area contributed by atoms with Gasteiger partial charge in [0.2, 0.25) is 0 Å². The molecule has 1 rings (SSSR count). The van der Waals surface area contributed by atoms with Crippen molar-refractivity contribution >= 4 is 11.5 Å². The van der Waals surface area contributed by atoms with E-state index in [1.807, 2.05) is 18.2 Å². The monoisotopic (exact) mass is 276 g/mol. The fourth-order valence-electron chi connectivity index (χ4n) is 2.24. The third kappa shape index (κ3) is 5.33. The summed E-state index contributed by atoms with van der Waals surface area (Å²) >= 11 is 0. The lowest BCUT2D eigenvalue weighted by Gasteiger charge is -2.23. The summed E-state index contributed by atoms with van der Waals surface area (Å²) in [7, 11) is 0. The molecule has 1 aromatic rings. The van der Waals surface area contributed by atoms with Gasteiger partial charge in [-0.2, -0.15) is 0 Å². The fraction of sp³-hybridized carbons (Fsp3) is 0.588. The third-order valence-corrected chi connectivity index (χ3v) is 3.60. The molecule has 3 heteroatoms. The molecule has 20 heavy (non-hydrogen) atoms. The molecular weight excluding hydrogens is 248 g/mol. The predicted octanol–water partition coefficient (Wildman–Crippen LogP) is 3.87. The normalized spacial score (nSPS) is 11.0. The first-order valence-electron chi connectivity index (χ1n) is 7.70. The highest BCUT2D eigenvalue weighted by molar-refractivity contribution is 5.94. The lowest BCUT2D eigenvalue weighted by atomic mass is 10.1. The number of nitrogen functional groups attached to an aromatic ring is 1. The Bertz CT molecular complexity index is 421. The molecule has 0 amide bonds. The lowest BCUT2D eigenvalue weighted by molar-refractivity contribution is 0.101. The van der Waals surface area contributed by atoms with Crippen LogP contribution in [0, 0.1) is 0 Å². The number of unbranched alkanes of at least 4 members (excludes halogenated alkanes) is 2. The Labute approximate surface area is 123 Å². The number of nitrogens with zero attached hydrogens (tertiary/aromatic N) is 1. The maximum Gasteiger partial charge on any atom is 0.159 e. The van der Waals surface area contributed by atoms with Gasteiger partial charge in [-0.15, -0.1) is 0 Å². The van der Waals surface area contributed by atoms with Crippen LogP contribution in [0.15, 0.2) is 18.2 Å². The summed E-state index contributed by atoms with van der Waals surface area (Å²) in [6.07, 6.45) is 4.81. The number of anilines is 1. The number of hydrogen-bond donors (Lipinski definition) is 1. The van der Waals surface area contributed by atoms with E-state index >= 15 is 0 Å². The zero-order valence-corrected chi connectivity index (χ0v) is 13.1. The molecule has 0 fully saturated rings. The smallest absolute Gasteiger partial charge is 0.159 e. The van der Waals surface area contributed by atoms with Gasteiger partial charge in [0, 0.05) is 17.8 Å². The molecule has 1 aromatic carbocycles. The summed E-state index contributed by atoms with van der Waals surface area (Å²) in [6.45, 7) is 9.06. The predicted molar refractivity (Wildman–Crippen MR) is 86.0 cm³/mol. The van der Waals surface area contributed by atoms with Gasteiger partial charge >= 0.3 is 0 Å². The van der Waals surface area contributed by atoms with Crippen LogP contribution in [0.1, 0.15) is 62.4 Å². The van der Waals surface area contributed by atoms with E-state index < -0.39 is 0 Å². The van der Waals surface area contributed by atoms with E-state index in [1.165, 1.54) is 25.7 Å². The van der Waals surface area contributed by atoms with Crippen LogP contribution in [0.4, 0.5) is 5.69 Å². The van der Waals surface area contributed by atoms with Gasteiger partial charge in [-0.3, -0.25) is 9.69 Å². The number of carbonyl (C=O) groups excluding carboxylic acids is 1. The second kappa shape index (κ2) is 8.75. The summed E-state index contributed by atoms with van der Waals surface area (Å²) < 4.78 is 0. The van der Waals surface area contributed by atoms with Gasteiger partial charge in [-0.05, 0) is 56.6 Å². The van der Waals surface area contributed by atoms with E-state index in [2.05, 4.69) is 18.7 Å². The minimum Gasteiger partial charge on any atom is -0.398 e. The van der Waals surface area contributed by atoms with Gasteiger partial charge in [0.25, 0.3) is 0 Å². The van der Waals surface area contributed by atoms with Gasteiger partial charge in [0.15, 0.2) is 5.78 Å². The van der Waals surface area contributed by atoms with Crippen LogP contribution in [0.25, 0.3) is 0 Å². The fourth-order valence-corrected chi connectivity index (χ4v) is 2.24. The van der Waals surface area contributed by atoms with Crippen LogP contribution in [0.5, 0.6) is 0 Å². The van der Waals surface area contributed by atoms with E-state index in [1.54, 1.807) is 6.92 Å². The highest BCUT2D eigenvalue weighted by Crippen LogP contribution is 2.17. The number of benzene rings is 1. The quantitative estimate of drug-likeness (QED) is 0.550. The molecule has 0 bridgehead atoms. The van der Waals surface area contributed by atoms with Crippen molar-refractivity contribution in [2.45, 2.75) is 53.0 Å². The van der Waals surface area contributed by atoms with Crippen molar-refractivity contribution in [3.8, 4) is 0 Å². The highest BCUT2D eigenvalue weighted by Gasteiger charge is 2.09. The molecule has 0 aliphatic carbocycles. The van der Waals surface area contributed by atoms with Crippen LogP contribution in [-0.2, 0) is 6.54 Å². The summed E-state index contributed by atoms with van der Waals surface area (Å²) in [5.41, 5.74) is 8.67. The van der Waals surface area contributed by atoms with Gasteiger partial charge in [-0.1, -0.05) is 26.7 Å². The number of hydrogen-bond acceptors (Lipinski definition) is 3. The third-order valence-electron chi connectivity index (χ3n) is 3.60. The van der Waals surface area contributed by atoms with Crippen molar-refractivity contribution in [2.24, 2.45) is 0 Å². The topological polar surface area (TPSA) is 46.3 Å².